The highest BCUT2D eigenvalue weighted by molar-refractivity contribution is 7.80. The highest BCUT2D eigenvalue weighted by Crippen LogP contribution is 2.40. The number of thiocarbonyl (C=S) groups is 1. The Morgan fingerprint density at radius 3 is 2.92 bits per heavy atom. The minimum absolute atomic E-state index is 0.274. The molecule has 4 rings (SSSR count). The van der Waals surface area contributed by atoms with Gasteiger partial charge in [-0.3, -0.25) is 0 Å². The van der Waals surface area contributed by atoms with Gasteiger partial charge in [0.05, 0.1) is 12.7 Å². The summed E-state index contributed by atoms with van der Waals surface area (Å²) in [6, 6.07) is 6.51. The Bertz CT molecular complexity index is 888. The summed E-state index contributed by atoms with van der Waals surface area (Å²) in [7, 11) is 1.44. The fourth-order valence-corrected chi connectivity index (χ4v) is 5.54. The summed E-state index contributed by atoms with van der Waals surface area (Å²) in [6.45, 7) is 3.01. The van der Waals surface area contributed by atoms with Gasteiger partial charge < -0.3 is 15.0 Å². The number of fused-ring (bicyclic) bond motifs is 2. The number of esters is 1. The first-order chi connectivity index (χ1) is 12.6. The van der Waals surface area contributed by atoms with Gasteiger partial charge in [-0.15, -0.1) is 11.3 Å². The molecule has 1 aliphatic heterocycles. The van der Waals surface area contributed by atoms with Crippen molar-refractivity contribution in [2.24, 2.45) is 0 Å². The average Bonchev–Trinajstić information content (AvgIpc) is 3.20. The highest BCUT2D eigenvalue weighted by atomic mass is 32.1. The van der Waals surface area contributed by atoms with Gasteiger partial charge in [0.2, 0.25) is 0 Å². The molecule has 1 N–H and O–H groups in total. The van der Waals surface area contributed by atoms with E-state index >= 15 is 0 Å². The number of hydrogen-bond donors (Lipinski definition) is 1. The predicted molar refractivity (Wildman–Crippen MR) is 111 cm³/mol. The Kier molecular flexibility index (Phi) is 4.71. The Labute approximate surface area is 163 Å². The van der Waals surface area contributed by atoms with E-state index < -0.39 is 0 Å². The molecule has 26 heavy (non-hydrogen) atoms. The van der Waals surface area contributed by atoms with Crippen molar-refractivity contribution in [1.82, 2.24) is 0 Å². The molecule has 0 amide bonds. The van der Waals surface area contributed by atoms with Crippen LogP contribution < -0.4 is 10.2 Å². The molecule has 1 aromatic carbocycles. The summed E-state index contributed by atoms with van der Waals surface area (Å²) < 4.78 is 5.03. The smallest absolute Gasteiger partial charge is 0.341 e. The number of thiophene rings is 1. The molecular weight excluding hydrogens is 364 g/mol. The Morgan fingerprint density at radius 2 is 2.12 bits per heavy atom. The first-order valence-corrected chi connectivity index (χ1v) is 10.2. The lowest BCUT2D eigenvalue weighted by molar-refractivity contribution is 0.0601. The molecule has 136 valence electrons. The fourth-order valence-electron chi connectivity index (χ4n) is 3.91. The highest BCUT2D eigenvalue weighted by Gasteiger charge is 2.29. The Hall–Kier alpha value is -1.92. The summed E-state index contributed by atoms with van der Waals surface area (Å²) >= 11 is 7.37. The van der Waals surface area contributed by atoms with Crippen LogP contribution in [0.15, 0.2) is 18.2 Å². The van der Waals surface area contributed by atoms with Crippen LogP contribution >= 0.6 is 23.6 Å². The van der Waals surface area contributed by atoms with Crippen LogP contribution in [0.4, 0.5) is 10.7 Å². The number of anilines is 2. The van der Waals surface area contributed by atoms with Crippen LogP contribution in [-0.4, -0.2) is 24.7 Å². The zero-order valence-electron chi connectivity index (χ0n) is 15.1. The van der Waals surface area contributed by atoms with Crippen LogP contribution in [0.25, 0.3) is 0 Å². The minimum atomic E-state index is -0.274. The maximum atomic E-state index is 12.3. The van der Waals surface area contributed by atoms with E-state index in [4.69, 9.17) is 17.0 Å². The molecule has 0 saturated carbocycles. The van der Waals surface area contributed by atoms with Gasteiger partial charge >= 0.3 is 5.97 Å². The van der Waals surface area contributed by atoms with E-state index in [-0.39, 0.29) is 5.97 Å². The van der Waals surface area contributed by atoms with Gasteiger partial charge in [-0.25, -0.2) is 4.79 Å². The molecule has 2 aromatic rings. The predicted octanol–water partition coefficient (Wildman–Crippen LogP) is 4.48. The summed E-state index contributed by atoms with van der Waals surface area (Å²) in [5.41, 5.74) is 5.59. The molecule has 0 bridgehead atoms. The molecule has 2 heterocycles. The maximum absolute atomic E-state index is 12.3. The van der Waals surface area contributed by atoms with E-state index in [1.807, 2.05) is 0 Å². The third-order valence-corrected chi connectivity index (χ3v) is 6.66. The van der Waals surface area contributed by atoms with Crippen molar-refractivity contribution < 1.29 is 9.53 Å². The van der Waals surface area contributed by atoms with Crippen molar-refractivity contribution in [3.05, 3.63) is 45.3 Å². The standard InChI is InChI=1S/C20H22N2O2S2/c1-12-8-9-15-13(11-12)5-4-10-22(15)20(25)21-18-17(19(23)24-2)14-6-3-7-16(14)26-18/h8-9,11H,3-7,10H2,1-2H3,(H,21,25). The van der Waals surface area contributed by atoms with Crippen LogP contribution in [0.2, 0.25) is 0 Å². The molecule has 0 fully saturated rings. The number of nitrogens with one attached hydrogen (secondary N) is 1. The van der Waals surface area contributed by atoms with E-state index in [9.17, 15) is 4.79 Å². The van der Waals surface area contributed by atoms with Crippen LogP contribution in [0.1, 0.15) is 44.8 Å². The number of carbonyl (C=O) groups excluding carboxylic acids is 1. The van der Waals surface area contributed by atoms with Gasteiger partial charge in [0.15, 0.2) is 5.11 Å². The third-order valence-electron chi connectivity index (χ3n) is 5.13. The van der Waals surface area contributed by atoms with Crippen LogP contribution in [0, 0.1) is 6.92 Å². The molecular formula is C20H22N2O2S2. The lowest BCUT2D eigenvalue weighted by atomic mass is 10.00. The molecule has 1 aromatic heterocycles. The number of methoxy groups -OCH3 is 1. The lowest BCUT2D eigenvalue weighted by Crippen LogP contribution is -2.38. The van der Waals surface area contributed by atoms with Gasteiger partial charge in [-0.1, -0.05) is 17.7 Å². The summed E-state index contributed by atoms with van der Waals surface area (Å²) in [5.74, 6) is -0.274. The van der Waals surface area contributed by atoms with Gasteiger partial charge in [-0.2, -0.15) is 0 Å². The van der Waals surface area contributed by atoms with Crippen molar-refractivity contribution in [3.63, 3.8) is 0 Å². The number of carbonyl (C=O) groups is 1. The number of rotatable bonds is 2. The second-order valence-electron chi connectivity index (χ2n) is 6.87. The zero-order valence-corrected chi connectivity index (χ0v) is 16.7. The Balaban J connectivity index is 1.63. The summed E-state index contributed by atoms with van der Waals surface area (Å²) in [5, 5.41) is 4.83. The molecule has 2 aliphatic rings. The first kappa shape index (κ1) is 17.5. The molecule has 0 radical (unpaired) electrons. The number of benzene rings is 1. The molecule has 4 nitrogen and oxygen atoms in total. The zero-order chi connectivity index (χ0) is 18.3. The van der Waals surface area contributed by atoms with E-state index in [0.29, 0.717) is 10.7 Å². The van der Waals surface area contributed by atoms with Crippen molar-refractivity contribution in [2.75, 3.05) is 23.9 Å². The maximum Gasteiger partial charge on any atom is 0.341 e. The van der Waals surface area contributed by atoms with Crippen LogP contribution in [0.3, 0.4) is 0 Å². The summed E-state index contributed by atoms with van der Waals surface area (Å²) in [6.07, 6.45) is 5.23. The van der Waals surface area contributed by atoms with Crippen molar-refractivity contribution >= 4 is 45.3 Å². The fraction of sp³-hybridized carbons (Fsp3) is 0.400. The monoisotopic (exact) mass is 386 g/mol. The largest absolute Gasteiger partial charge is 0.465 e. The topological polar surface area (TPSA) is 41.6 Å². The van der Waals surface area contributed by atoms with Crippen LogP contribution in [-0.2, 0) is 24.0 Å². The van der Waals surface area contributed by atoms with Crippen molar-refractivity contribution in [2.45, 2.75) is 39.0 Å². The Morgan fingerprint density at radius 1 is 1.27 bits per heavy atom. The van der Waals surface area contributed by atoms with Crippen molar-refractivity contribution in [3.8, 4) is 0 Å². The number of aryl methyl sites for hydroxylation is 3. The second kappa shape index (κ2) is 7.00. The number of nitrogens with zero attached hydrogens (tertiary/aromatic N) is 1. The quantitative estimate of drug-likeness (QED) is 0.609. The first-order valence-electron chi connectivity index (χ1n) is 8.99. The number of hydrogen-bond acceptors (Lipinski definition) is 4. The van der Waals surface area contributed by atoms with E-state index in [1.54, 1.807) is 11.3 Å². The normalized spacial score (nSPS) is 15.4. The molecule has 0 atom stereocenters. The molecule has 6 heteroatoms. The number of ether oxygens (including phenoxy) is 1. The molecule has 0 unspecified atom stereocenters. The summed E-state index contributed by atoms with van der Waals surface area (Å²) in [4.78, 5) is 15.8. The van der Waals surface area contributed by atoms with Gasteiger partial charge in [0.25, 0.3) is 0 Å². The van der Waals surface area contributed by atoms with E-state index in [0.717, 1.165) is 49.2 Å². The van der Waals surface area contributed by atoms with Gasteiger partial charge in [0.1, 0.15) is 5.00 Å². The second-order valence-corrected chi connectivity index (χ2v) is 8.36. The molecule has 0 spiro atoms. The van der Waals surface area contributed by atoms with Crippen molar-refractivity contribution in [1.29, 1.82) is 0 Å². The van der Waals surface area contributed by atoms with E-state index in [2.05, 4.69) is 35.3 Å². The third kappa shape index (κ3) is 3.01. The van der Waals surface area contributed by atoms with Gasteiger partial charge in [-0.05, 0) is 68.4 Å². The lowest BCUT2D eigenvalue weighted by Gasteiger charge is -2.32. The average molecular weight is 387 g/mol. The van der Waals surface area contributed by atoms with E-state index in [1.165, 1.54) is 28.8 Å². The van der Waals surface area contributed by atoms with Gasteiger partial charge in [0, 0.05) is 17.1 Å². The van der Waals surface area contributed by atoms with Crippen LogP contribution in [0.5, 0.6) is 0 Å². The molecule has 0 saturated heterocycles. The minimum Gasteiger partial charge on any atom is -0.465 e. The molecule has 1 aliphatic carbocycles. The SMILES string of the molecule is COC(=O)c1c(NC(=S)N2CCCc3cc(C)ccc32)sc2c1CCC2.